The van der Waals surface area contributed by atoms with Crippen molar-refractivity contribution in [3.05, 3.63) is 35.9 Å². The highest BCUT2D eigenvalue weighted by molar-refractivity contribution is 14.0. The number of nitrogens with zero attached hydrogens (tertiary/aromatic N) is 3. The van der Waals surface area contributed by atoms with E-state index in [2.05, 4.69) is 55.8 Å². The van der Waals surface area contributed by atoms with Gasteiger partial charge in [-0.1, -0.05) is 30.3 Å². The standard InChI is InChI=1S/C25H42N6O.HI/c1-27-25(29-23-11-17-31(18-12-23)20-24(26)32)28-13-5-6-14-30-15-9-22(10-16-30)19-21-7-3-2-4-8-21;/h2-4,7-8,22-23H,5-6,9-20H2,1H3,(H2,26,32)(H2,27,28,29);1H. The Labute approximate surface area is 217 Å². The van der Waals surface area contributed by atoms with E-state index in [0.29, 0.717) is 12.6 Å². The summed E-state index contributed by atoms with van der Waals surface area (Å²) in [6.45, 7) is 6.80. The number of aliphatic imine (C=N–C) groups is 1. The van der Waals surface area contributed by atoms with Crippen LogP contribution in [0.15, 0.2) is 35.3 Å². The molecule has 8 heteroatoms. The summed E-state index contributed by atoms with van der Waals surface area (Å²) in [5, 5.41) is 7.00. The number of halogens is 1. The van der Waals surface area contributed by atoms with E-state index >= 15 is 0 Å². The molecule has 4 N–H and O–H groups in total. The third kappa shape index (κ3) is 10.6. The third-order valence-electron chi connectivity index (χ3n) is 6.80. The van der Waals surface area contributed by atoms with Gasteiger partial charge in [0.2, 0.25) is 5.91 Å². The average Bonchev–Trinajstić information content (AvgIpc) is 2.80. The number of hydrogen-bond donors (Lipinski definition) is 3. The maximum absolute atomic E-state index is 11.1. The normalized spacial score (nSPS) is 19.1. The van der Waals surface area contributed by atoms with Gasteiger partial charge < -0.3 is 21.3 Å². The van der Waals surface area contributed by atoms with Crippen molar-refractivity contribution in [3.63, 3.8) is 0 Å². The van der Waals surface area contributed by atoms with Crippen LogP contribution in [0.2, 0.25) is 0 Å². The van der Waals surface area contributed by atoms with Gasteiger partial charge in [0.05, 0.1) is 6.54 Å². The number of carbonyl (C=O) groups excluding carboxylic acids is 1. The van der Waals surface area contributed by atoms with Crippen molar-refractivity contribution in [2.75, 3.05) is 52.9 Å². The Morgan fingerprint density at radius 3 is 2.33 bits per heavy atom. The van der Waals surface area contributed by atoms with Crippen LogP contribution in [-0.4, -0.2) is 80.6 Å². The van der Waals surface area contributed by atoms with Gasteiger partial charge >= 0.3 is 0 Å². The van der Waals surface area contributed by atoms with Crippen LogP contribution in [0.5, 0.6) is 0 Å². The molecule has 2 heterocycles. The minimum Gasteiger partial charge on any atom is -0.369 e. The fraction of sp³-hybridized carbons (Fsp3) is 0.680. The Kier molecular flexibility index (Phi) is 13.1. The molecule has 0 aliphatic carbocycles. The quantitative estimate of drug-likeness (QED) is 0.174. The first kappa shape index (κ1) is 27.9. The molecule has 0 spiro atoms. The van der Waals surface area contributed by atoms with Gasteiger partial charge in [0.1, 0.15) is 0 Å². The van der Waals surface area contributed by atoms with Crippen LogP contribution in [0.3, 0.4) is 0 Å². The Balaban J connectivity index is 0.00000385. The van der Waals surface area contributed by atoms with Crippen molar-refractivity contribution in [1.29, 1.82) is 0 Å². The van der Waals surface area contributed by atoms with Gasteiger partial charge in [-0.15, -0.1) is 24.0 Å². The first-order valence-corrected chi connectivity index (χ1v) is 12.4. The molecule has 3 rings (SSSR count). The van der Waals surface area contributed by atoms with E-state index in [1.165, 1.54) is 50.9 Å². The molecule has 2 fully saturated rings. The van der Waals surface area contributed by atoms with E-state index in [-0.39, 0.29) is 29.9 Å². The molecule has 0 unspecified atom stereocenters. The molecule has 1 aromatic carbocycles. The molecule has 7 nitrogen and oxygen atoms in total. The summed E-state index contributed by atoms with van der Waals surface area (Å²) < 4.78 is 0. The summed E-state index contributed by atoms with van der Waals surface area (Å²) in [5.74, 6) is 1.48. The highest BCUT2D eigenvalue weighted by atomic mass is 127. The molecule has 2 aliphatic heterocycles. The fourth-order valence-corrected chi connectivity index (χ4v) is 4.87. The number of benzene rings is 1. The molecule has 1 aromatic rings. The van der Waals surface area contributed by atoms with Crippen LogP contribution < -0.4 is 16.4 Å². The zero-order valence-electron chi connectivity index (χ0n) is 20.2. The second kappa shape index (κ2) is 15.5. The van der Waals surface area contributed by atoms with Gasteiger partial charge in [-0.05, 0) is 76.1 Å². The molecule has 0 radical (unpaired) electrons. The Bertz CT molecular complexity index is 700. The Hall–Kier alpha value is -1.39. The van der Waals surface area contributed by atoms with Crippen molar-refractivity contribution in [2.45, 2.75) is 51.0 Å². The van der Waals surface area contributed by atoms with Crippen molar-refractivity contribution in [1.82, 2.24) is 20.4 Å². The summed E-state index contributed by atoms with van der Waals surface area (Å²) in [4.78, 5) is 20.2. The first-order chi connectivity index (χ1) is 15.6. The predicted molar refractivity (Wildman–Crippen MR) is 147 cm³/mol. The van der Waals surface area contributed by atoms with E-state index in [1.54, 1.807) is 0 Å². The fourth-order valence-electron chi connectivity index (χ4n) is 4.87. The highest BCUT2D eigenvalue weighted by Gasteiger charge is 2.21. The first-order valence-electron chi connectivity index (χ1n) is 12.4. The topological polar surface area (TPSA) is 86.0 Å². The summed E-state index contributed by atoms with van der Waals surface area (Å²) in [6, 6.07) is 11.3. The molecule has 2 saturated heterocycles. The lowest BCUT2D eigenvalue weighted by molar-refractivity contribution is -0.119. The second-order valence-electron chi connectivity index (χ2n) is 9.34. The van der Waals surface area contributed by atoms with Crippen LogP contribution in [0.4, 0.5) is 0 Å². The molecule has 33 heavy (non-hydrogen) atoms. The molecule has 0 saturated carbocycles. The number of amides is 1. The molecular formula is C25H43IN6O. The largest absolute Gasteiger partial charge is 0.369 e. The predicted octanol–water partition coefficient (Wildman–Crippen LogP) is 2.45. The van der Waals surface area contributed by atoms with Crippen LogP contribution in [0.25, 0.3) is 0 Å². The lowest BCUT2D eigenvalue weighted by Crippen LogP contribution is -2.50. The molecule has 0 atom stereocenters. The summed E-state index contributed by atoms with van der Waals surface area (Å²) >= 11 is 0. The summed E-state index contributed by atoms with van der Waals surface area (Å²) in [5.41, 5.74) is 6.77. The van der Waals surface area contributed by atoms with E-state index < -0.39 is 0 Å². The molecule has 2 aliphatic rings. The van der Waals surface area contributed by atoms with Gasteiger partial charge in [0.15, 0.2) is 5.96 Å². The molecule has 186 valence electrons. The minimum absolute atomic E-state index is 0. The molecule has 0 aromatic heterocycles. The Morgan fingerprint density at radius 1 is 1.03 bits per heavy atom. The van der Waals surface area contributed by atoms with Crippen molar-refractivity contribution in [2.24, 2.45) is 16.6 Å². The van der Waals surface area contributed by atoms with Gasteiger partial charge in [0, 0.05) is 32.7 Å². The van der Waals surface area contributed by atoms with Crippen molar-refractivity contribution >= 4 is 35.8 Å². The van der Waals surface area contributed by atoms with Crippen molar-refractivity contribution in [3.8, 4) is 0 Å². The maximum atomic E-state index is 11.1. The van der Waals surface area contributed by atoms with E-state index in [1.807, 2.05) is 7.05 Å². The monoisotopic (exact) mass is 570 g/mol. The number of carbonyl (C=O) groups is 1. The molecule has 0 bridgehead atoms. The van der Waals surface area contributed by atoms with Crippen LogP contribution in [-0.2, 0) is 11.2 Å². The van der Waals surface area contributed by atoms with Crippen LogP contribution in [0, 0.1) is 5.92 Å². The lowest BCUT2D eigenvalue weighted by Gasteiger charge is -2.32. The zero-order valence-corrected chi connectivity index (χ0v) is 22.5. The van der Waals surface area contributed by atoms with Crippen molar-refractivity contribution < 1.29 is 4.79 Å². The number of rotatable bonds is 10. The minimum atomic E-state index is -0.245. The van der Waals surface area contributed by atoms with Crippen LogP contribution >= 0.6 is 24.0 Å². The smallest absolute Gasteiger partial charge is 0.231 e. The SMILES string of the molecule is CN=C(NCCCCN1CCC(Cc2ccccc2)CC1)NC1CCN(CC(N)=O)CC1.I. The summed E-state index contributed by atoms with van der Waals surface area (Å²) in [7, 11) is 1.83. The average molecular weight is 571 g/mol. The van der Waals surface area contributed by atoms with Gasteiger partial charge in [0.25, 0.3) is 0 Å². The number of primary amides is 1. The van der Waals surface area contributed by atoms with Gasteiger partial charge in [-0.25, -0.2) is 0 Å². The van der Waals surface area contributed by atoms with E-state index in [9.17, 15) is 4.79 Å². The zero-order chi connectivity index (χ0) is 22.6. The number of nitrogens with two attached hydrogens (primary N) is 1. The number of nitrogens with one attached hydrogen (secondary N) is 2. The molecular weight excluding hydrogens is 527 g/mol. The van der Waals surface area contributed by atoms with Gasteiger partial charge in [-0.2, -0.15) is 0 Å². The van der Waals surface area contributed by atoms with E-state index in [0.717, 1.165) is 50.8 Å². The second-order valence-corrected chi connectivity index (χ2v) is 9.34. The highest BCUT2D eigenvalue weighted by Crippen LogP contribution is 2.21. The molecule has 1 amide bonds. The maximum Gasteiger partial charge on any atom is 0.231 e. The number of piperidine rings is 2. The van der Waals surface area contributed by atoms with E-state index in [4.69, 9.17) is 5.73 Å². The number of likely N-dealkylation sites (tertiary alicyclic amines) is 2. The number of unbranched alkanes of at least 4 members (excludes halogenated alkanes) is 1. The number of hydrogen-bond acceptors (Lipinski definition) is 4. The number of guanidine groups is 1. The summed E-state index contributed by atoms with van der Waals surface area (Å²) in [6.07, 6.45) is 8.27. The third-order valence-corrected chi connectivity index (χ3v) is 6.80. The lowest BCUT2D eigenvalue weighted by atomic mass is 9.90. The van der Waals surface area contributed by atoms with Gasteiger partial charge in [-0.3, -0.25) is 14.7 Å². The van der Waals surface area contributed by atoms with Crippen LogP contribution in [0.1, 0.15) is 44.1 Å². The Morgan fingerprint density at radius 2 is 1.70 bits per heavy atom.